The number of rotatable bonds is 4. The highest BCUT2D eigenvalue weighted by Crippen LogP contribution is 2.45. The average Bonchev–Trinajstić information content (AvgIpc) is 3.24. The van der Waals surface area contributed by atoms with E-state index in [4.69, 9.17) is 0 Å². The maximum Gasteiger partial charge on any atom is 0.254 e. The quantitative estimate of drug-likeness (QED) is 0.752. The lowest BCUT2D eigenvalue weighted by molar-refractivity contribution is -0.135. The summed E-state index contributed by atoms with van der Waals surface area (Å²) < 4.78 is 0. The highest BCUT2D eigenvalue weighted by Gasteiger charge is 2.45. The summed E-state index contributed by atoms with van der Waals surface area (Å²) in [6, 6.07) is 11.6. The number of amides is 2. The van der Waals surface area contributed by atoms with Crippen LogP contribution in [-0.4, -0.2) is 41.2 Å². The molecular weight excluding hydrogens is 368 g/mol. The molecule has 4 rings (SSSR count). The monoisotopic (exact) mass is 396 g/mol. The van der Waals surface area contributed by atoms with Gasteiger partial charge < -0.3 is 9.80 Å². The summed E-state index contributed by atoms with van der Waals surface area (Å²) in [6.45, 7) is 6.56. The predicted octanol–water partition coefficient (Wildman–Crippen LogP) is 4.70. The molecule has 2 aliphatic rings. The molecule has 1 aromatic heterocycles. The minimum Gasteiger partial charge on any atom is -0.342 e. The lowest BCUT2D eigenvalue weighted by Gasteiger charge is -2.43. The van der Waals surface area contributed by atoms with E-state index in [1.165, 1.54) is 6.42 Å². The van der Waals surface area contributed by atoms with E-state index < -0.39 is 0 Å². The average molecular weight is 397 g/mol. The highest BCUT2D eigenvalue weighted by atomic mass is 32.1. The van der Waals surface area contributed by atoms with Crippen LogP contribution < -0.4 is 0 Å². The van der Waals surface area contributed by atoms with Crippen molar-refractivity contribution in [3.8, 4) is 0 Å². The standard InChI is InChI=1S/C23H28N2O2S/c1-16(2)15-25-21(19-11-8-14-28-19)20(23(27)24-12-6-3-7-13-24)17-9-4-5-10-18(17)22(25)26/h4-5,8-11,14,16,20-21H,3,6-7,12-13,15H2,1-2H3/t20-,21-/m0/s1. The normalized spacial score (nSPS) is 22.5. The Morgan fingerprint density at radius 3 is 2.54 bits per heavy atom. The minimum absolute atomic E-state index is 0.0467. The van der Waals surface area contributed by atoms with E-state index in [0.29, 0.717) is 18.0 Å². The van der Waals surface area contributed by atoms with Crippen molar-refractivity contribution in [3.05, 3.63) is 57.8 Å². The van der Waals surface area contributed by atoms with Crippen molar-refractivity contribution in [2.75, 3.05) is 19.6 Å². The molecule has 2 amide bonds. The number of fused-ring (bicyclic) bond motifs is 1. The maximum absolute atomic E-state index is 13.8. The van der Waals surface area contributed by atoms with Crippen LogP contribution in [0.5, 0.6) is 0 Å². The van der Waals surface area contributed by atoms with E-state index in [9.17, 15) is 9.59 Å². The van der Waals surface area contributed by atoms with Crippen LogP contribution in [0.3, 0.4) is 0 Å². The number of hydrogen-bond donors (Lipinski definition) is 0. The summed E-state index contributed by atoms with van der Waals surface area (Å²) in [6.07, 6.45) is 3.33. The fourth-order valence-electron chi connectivity index (χ4n) is 4.54. The van der Waals surface area contributed by atoms with Crippen molar-refractivity contribution in [2.45, 2.75) is 45.1 Å². The van der Waals surface area contributed by atoms with Gasteiger partial charge in [0.1, 0.15) is 0 Å². The van der Waals surface area contributed by atoms with Crippen molar-refractivity contribution >= 4 is 23.2 Å². The molecule has 0 radical (unpaired) electrons. The summed E-state index contributed by atoms with van der Waals surface area (Å²) in [5.74, 6) is 0.226. The molecule has 0 spiro atoms. The number of nitrogens with zero attached hydrogens (tertiary/aromatic N) is 2. The van der Waals surface area contributed by atoms with Crippen LogP contribution in [0.2, 0.25) is 0 Å². The van der Waals surface area contributed by atoms with Crippen molar-refractivity contribution in [3.63, 3.8) is 0 Å². The van der Waals surface area contributed by atoms with Crippen molar-refractivity contribution in [2.24, 2.45) is 5.92 Å². The van der Waals surface area contributed by atoms with Crippen LogP contribution in [-0.2, 0) is 4.79 Å². The number of carbonyl (C=O) groups excluding carboxylic acids is 2. The highest BCUT2D eigenvalue weighted by molar-refractivity contribution is 7.10. The summed E-state index contributed by atoms with van der Waals surface area (Å²) in [5, 5.41) is 2.04. The molecule has 28 heavy (non-hydrogen) atoms. The zero-order valence-corrected chi connectivity index (χ0v) is 17.5. The summed E-state index contributed by atoms with van der Waals surface area (Å²) in [7, 11) is 0. The molecule has 0 aliphatic carbocycles. The second-order valence-corrected chi connectivity index (χ2v) is 9.24. The molecule has 5 heteroatoms. The minimum atomic E-state index is -0.329. The lowest BCUT2D eigenvalue weighted by atomic mass is 9.80. The van der Waals surface area contributed by atoms with Gasteiger partial charge in [-0.25, -0.2) is 0 Å². The fourth-order valence-corrected chi connectivity index (χ4v) is 5.41. The molecule has 0 saturated carbocycles. The van der Waals surface area contributed by atoms with Gasteiger partial charge in [0.2, 0.25) is 5.91 Å². The Balaban J connectivity index is 1.83. The van der Waals surface area contributed by atoms with E-state index in [2.05, 4.69) is 19.9 Å². The van der Waals surface area contributed by atoms with Crippen molar-refractivity contribution in [1.29, 1.82) is 0 Å². The Morgan fingerprint density at radius 2 is 1.86 bits per heavy atom. The first-order valence-corrected chi connectivity index (χ1v) is 11.2. The van der Waals surface area contributed by atoms with Crippen LogP contribution in [0.1, 0.15) is 65.9 Å². The molecule has 0 N–H and O–H groups in total. The molecule has 3 heterocycles. The second kappa shape index (κ2) is 8.08. The van der Waals surface area contributed by atoms with Crippen LogP contribution in [0.4, 0.5) is 0 Å². The van der Waals surface area contributed by atoms with Gasteiger partial charge in [0.15, 0.2) is 0 Å². The lowest BCUT2D eigenvalue weighted by Crippen LogP contribution is -2.50. The van der Waals surface area contributed by atoms with Crippen LogP contribution >= 0.6 is 11.3 Å². The van der Waals surface area contributed by atoms with Crippen LogP contribution in [0.15, 0.2) is 41.8 Å². The molecule has 0 unspecified atom stereocenters. The number of hydrogen-bond acceptors (Lipinski definition) is 3. The molecule has 1 fully saturated rings. The van der Waals surface area contributed by atoms with Gasteiger partial charge in [0.05, 0.1) is 12.0 Å². The Bertz CT molecular complexity index is 840. The third-order valence-corrected chi connectivity index (χ3v) is 6.71. The molecule has 1 saturated heterocycles. The Hall–Kier alpha value is -2.14. The van der Waals surface area contributed by atoms with E-state index in [-0.39, 0.29) is 23.8 Å². The zero-order chi connectivity index (χ0) is 19.7. The van der Waals surface area contributed by atoms with E-state index in [1.54, 1.807) is 11.3 Å². The Morgan fingerprint density at radius 1 is 1.11 bits per heavy atom. The topological polar surface area (TPSA) is 40.6 Å². The Kier molecular flexibility index (Phi) is 5.54. The zero-order valence-electron chi connectivity index (χ0n) is 16.6. The fraction of sp³-hybridized carbons (Fsp3) is 0.478. The molecule has 2 aromatic rings. The third-order valence-electron chi connectivity index (χ3n) is 5.77. The maximum atomic E-state index is 13.8. The molecule has 2 aliphatic heterocycles. The van der Waals surface area contributed by atoms with Gasteiger partial charge >= 0.3 is 0 Å². The van der Waals surface area contributed by atoms with Crippen molar-refractivity contribution in [1.82, 2.24) is 9.80 Å². The molecular formula is C23H28N2O2S. The number of benzene rings is 1. The van der Waals surface area contributed by atoms with E-state index >= 15 is 0 Å². The number of likely N-dealkylation sites (tertiary alicyclic amines) is 1. The molecule has 1 aromatic carbocycles. The Labute approximate surface area is 171 Å². The van der Waals surface area contributed by atoms with Crippen LogP contribution in [0, 0.1) is 5.92 Å². The van der Waals surface area contributed by atoms with Gasteiger partial charge in [-0.2, -0.15) is 0 Å². The first kappa shape index (κ1) is 19.2. The smallest absolute Gasteiger partial charge is 0.254 e. The first-order valence-electron chi connectivity index (χ1n) is 10.3. The second-order valence-electron chi connectivity index (χ2n) is 8.26. The predicted molar refractivity (Wildman–Crippen MR) is 113 cm³/mol. The molecule has 4 nitrogen and oxygen atoms in total. The van der Waals surface area contributed by atoms with Gasteiger partial charge in [-0.15, -0.1) is 11.3 Å². The van der Waals surface area contributed by atoms with Gasteiger partial charge in [-0.1, -0.05) is 38.1 Å². The van der Waals surface area contributed by atoms with E-state index in [1.807, 2.05) is 45.5 Å². The molecule has 2 atom stereocenters. The molecule has 0 bridgehead atoms. The van der Waals surface area contributed by atoms with Gasteiger partial charge in [0, 0.05) is 30.1 Å². The molecule has 148 valence electrons. The summed E-state index contributed by atoms with van der Waals surface area (Å²) >= 11 is 1.64. The van der Waals surface area contributed by atoms with Gasteiger partial charge in [-0.3, -0.25) is 9.59 Å². The third kappa shape index (κ3) is 3.48. The van der Waals surface area contributed by atoms with Gasteiger partial charge in [-0.05, 0) is 48.3 Å². The number of thiophene rings is 1. The largest absolute Gasteiger partial charge is 0.342 e. The first-order chi connectivity index (χ1) is 13.6. The van der Waals surface area contributed by atoms with Gasteiger partial charge in [0.25, 0.3) is 5.91 Å². The summed E-state index contributed by atoms with van der Waals surface area (Å²) in [5.41, 5.74) is 1.58. The SMILES string of the molecule is CC(C)CN1C(=O)c2ccccc2[C@H](C(=O)N2CCCCC2)[C@@H]1c1cccs1. The number of carbonyl (C=O) groups is 2. The van der Waals surface area contributed by atoms with Crippen LogP contribution in [0.25, 0.3) is 0 Å². The van der Waals surface area contributed by atoms with E-state index in [0.717, 1.165) is 36.4 Å². The number of piperidine rings is 1. The summed E-state index contributed by atoms with van der Waals surface area (Å²) in [4.78, 5) is 32.2. The van der Waals surface area contributed by atoms with Crippen molar-refractivity contribution < 1.29 is 9.59 Å².